The van der Waals surface area contributed by atoms with Gasteiger partial charge in [0.25, 0.3) is 5.92 Å². The minimum absolute atomic E-state index is 0.134. The zero-order valence-corrected chi connectivity index (χ0v) is 25.5. The summed E-state index contributed by atoms with van der Waals surface area (Å²) in [5.74, 6) is -3.48. The molecule has 3 aromatic rings. The third-order valence-electron chi connectivity index (χ3n) is 9.26. The number of benzene rings is 1. The number of amides is 1. The van der Waals surface area contributed by atoms with Crippen LogP contribution in [0.15, 0.2) is 40.9 Å². The number of alkyl halides is 2. The molecule has 1 N–H and O–H groups in total. The molecule has 5 aliphatic rings. The van der Waals surface area contributed by atoms with Gasteiger partial charge < -0.3 is 19.1 Å². The number of nitrogens with one attached hydrogen (secondary N) is 1. The van der Waals surface area contributed by atoms with Crippen LogP contribution in [-0.4, -0.2) is 85.4 Å². The molecule has 8 rings (SSSR count). The van der Waals surface area contributed by atoms with Gasteiger partial charge in [0, 0.05) is 51.4 Å². The van der Waals surface area contributed by atoms with Crippen molar-refractivity contribution in [2.45, 2.75) is 50.2 Å². The van der Waals surface area contributed by atoms with E-state index in [4.69, 9.17) is 4.42 Å². The highest BCUT2D eigenvalue weighted by molar-refractivity contribution is 7.93. The molecular formula is C30H35F2N7O4S. The van der Waals surface area contributed by atoms with Crippen LogP contribution in [0.3, 0.4) is 0 Å². The fraction of sp³-hybridized carbons (Fsp3) is 0.533. The first-order chi connectivity index (χ1) is 20.9. The van der Waals surface area contributed by atoms with Gasteiger partial charge in [0.15, 0.2) is 0 Å². The number of piperidine rings is 2. The molecule has 14 heteroatoms. The maximum absolute atomic E-state index is 15.0. The van der Waals surface area contributed by atoms with Crippen LogP contribution >= 0.6 is 0 Å². The van der Waals surface area contributed by atoms with Gasteiger partial charge in [-0.3, -0.25) is 9.52 Å². The Labute approximate surface area is 254 Å². The predicted octanol–water partition coefficient (Wildman–Crippen LogP) is 4.24. The summed E-state index contributed by atoms with van der Waals surface area (Å²) in [5.41, 5.74) is 2.16. The van der Waals surface area contributed by atoms with Crippen LogP contribution in [0.1, 0.15) is 39.0 Å². The van der Waals surface area contributed by atoms with Crippen LogP contribution in [0.4, 0.5) is 26.0 Å². The molecule has 44 heavy (non-hydrogen) atoms. The van der Waals surface area contributed by atoms with Crippen molar-refractivity contribution in [3.8, 4) is 22.9 Å². The average molecular weight is 628 g/mol. The van der Waals surface area contributed by atoms with Gasteiger partial charge in [0.2, 0.25) is 27.7 Å². The highest BCUT2D eigenvalue weighted by atomic mass is 32.2. The van der Waals surface area contributed by atoms with Crippen LogP contribution < -0.4 is 14.5 Å². The van der Waals surface area contributed by atoms with E-state index >= 15 is 8.78 Å². The minimum atomic E-state index is -3.47. The lowest BCUT2D eigenvalue weighted by atomic mass is 9.79. The molecule has 4 aliphatic heterocycles. The van der Waals surface area contributed by atoms with E-state index in [1.165, 1.54) is 11.1 Å². The van der Waals surface area contributed by atoms with E-state index in [1.807, 2.05) is 6.07 Å². The first-order valence-corrected chi connectivity index (χ1v) is 16.5. The van der Waals surface area contributed by atoms with Gasteiger partial charge in [-0.25, -0.2) is 22.2 Å². The molecule has 1 aliphatic carbocycles. The highest BCUT2D eigenvalue weighted by Gasteiger charge is 2.45. The Hall–Kier alpha value is -3.81. The predicted molar refractivity (Wildman–Crippen MR) is 161 cm³/mol. The number of halogens is 2. The summed E-state index contributed by atoms with van der Waals surface area (Å²) >= 11 is 0. The first kappa shape index (κ1) is 28.9. The number of carbonyl (C=O) groups excluding carboxylic acids is 1. The number of aromatic nitrogens is 3. The number of sulfonamides is 1. The van der Waals surface area contributed by atoms with E-state index < -0.39 is 34.8 Å². The SMILES string of the molecule is CN1CC2(C)CCN(CC2)c2cc(NS(=O)(=O)C3CC3)ccc2-c2nnc(o2)-c2ccnc(c2)N2CC(CC(F)(F)C2)C1=O. The van der Waals surface area contributed by atoms with Gasteiger partial charge in [-0.1, -0.05) is 6.92 Å². The second-order valence-corrected chi connectivity index (χ2v) is 15.0. The van der Waals surface area contributed by atoms with Crippen molar-refractivity contribution >= 4 is 33.1 Å². The first-order valence-electron chi connectivity index (χ1n) is 15.0. The van der Waals surface area contributed by atoms with Crippen molar-refractivity contribution in [1.82, 2.24) is 20.1 Å². The molecule has 2 saturated heterocycles. The van der Waals surface area contributed by atoms with Crippen molar-refractivity contribution < 1.29 is 26.4 Å². The van der Waals surface area contributed by atoms with Crippen LogP contribution in [0.25, 0.3) is 22.9 Å². The maximum atomic E-state index is 15.0. The summed E-state index contributed by atoms with van der Waals surface area (Å²) in [6.07, 6.45) is 3.78. The minimum Gasteiger partial charge on any atom is -0.416 e. The number of fused-ring (bicyclic) bond motifs is 4. The Bertz CT molecular complexity index is 1700. The number of nitrogens with zero attached hydrogens (tertiary/aromatic N) is 6. The molecule has 3 fully saturated rings. The molecular weight excluding hydrogens is 592 g/mol. The van der Waals surface area contributed by atoms with Crippen molar-refractivity contribution in [3.63, 3.8) is 0 Å². The molecule has 0 spiro atoms. The van der Waals surface area contributed by atoms with Gasteiger partial charge >= 0.3 is 0 Å². The Morgan fingerprint density at radius 2 is 1.77 bits per heavy atom. The molecule has 1 aromatic carbocycles. The number of hydrogen-bond acceptors (Lipinski definition) is 9. The van der Waals surface area contributed by atoms with Crippen molar-refractivity contribution in [2.75, 3.05) is 54.3 Å². The molecule has 1 amide bonds. The molecule has 1 saturated carbocycles. The summed E-state index contributed by atoms with van der Waals surface area (Å²) in [6, 6.07) is 8.58. The van der Waals surface area contributed by atoms with E-state index in [0.717, 1.165) is 18.5 Å². The summed E-state index contributed by atoms with van der Waals surface area (Å²) in [7, 11) is -1.76. The van der Waals surface area contributed by atoms with Gasteiger partial charge in [-0.2, -0.15) is 0 Å². The molecule has 1 atom stereocenters. The summed E-state index contributed by atoms with van der Waals surface area (Å²) in [5, 5.41) is 8.22. The number of anilines is 3. The van der Waals surface area contributed by atoms with Gasteiger partial charge in [-0.15, -0.1) is 10.2 Å². The van der Waals surface area contributed by atoms with E-state index in [9.17, 15) is 13.2 Å². The number of hydrogen-bond donors (Lipinski definition) is 1. The lowest BCUT2D eigenvalue weighted by Gasteiger charge is -2.44. The van der Waals surface area contributed by atoms with Crippen LogP contribution in [-0.2, 0) is 14.8 Å². The highest BCUT2D eigenvalue weighted by Crippen LogP contribution is 2.41. The van der Waals surface area contributed by atoms with E-state index in [0.29, 0.717) is 55.1 Å². The van der Waals surface area contributed by atoms with Crippen LogP contribution in [0.2, 0.25) is 0 Å². The summed E-state index contributed by atoms with van der Waals surface area (Å²) in [6.45, 7) is 3.42. The monoisotopic (exact) mass is 627 g/mol. The van der Waals surface area contributed by atoms with E-state index in [2.05, 4.69) is 31.7 Å². The number of rotatable bonds is 3. The molecule has 11 nitrogen and oxygen atoms in total. The third-order valence-corrected chi connectivity index (χ3v) is 11.1. The Morgan fingerprint density at radius 3 is 2.52 bits per heavy atom. The largest absolute Gasteiger partial charge is 0.416 e. The molecule has 8 bridgehead atoms. The third kappa shape index (κ3) is 5.59. The molecule has 2 aromatic heterocycles. The Morgan fingerprint density at radius 1 is 1.02 bits per heavy atom. The average Bonchev–Trinajstić information content (AvgIpc) is 3.74. The fourth-order valence-corrected chi connectivity index (χ4v) is 8.06. The lowest BCUT2D eigenvalue weighted by molar-refractivity contribution is -0.140. The Kier molecular flexibility index (Phi) is 6.83. The second kappa shape index (κ2) is 10.4. The molecule has 234 valence electrons. The molecule has 0 radical (unpaired) electrons. The fourth-order valence-electron chi connectivity index (χ4n) is 6.68. The zero-order valence-electron chi connectivity index (χ0n) is 24.7. The van der Waals surface area contributed by atoms with E-state index in [1.54, 1.807) is 36.2 Å². The standard InChI is InChI=1S/C30H35F2N7O4S/c1-29-8-11-38(12-9-29)24-14-21(36-44(41,42)22-4-5-22)3-6-23(24)27-35-34-26(43-27)19-7-10-33-25(13-19)39-16-20(15-30(31,32)18-39)28(40)37(2)17-29/h3,6-7,10,13-14,20,22,36H,4-5,8-9,11-12,15-18H2,1-2H3. The lowest BCUT2D eigenvalue weighted by Crippen LogP contribution is -2.53. The quantitative estimate of drug-likeness (QED) is 0.454. The molecule has 6 heterocycles. The second-order valence-electron chi connectivity index (χ2n) is 13.0. The van der Waals surface area contributed by atoms with Crippen LogP contribution in [0.5, 0.6) is 0 Å². The zero-order chi connectivity index (χ0) is 30.9. The topological polar surface area (TPSA) is 125 Å². The summed E-state index contributed by atoms with van der Waals surface area (Å²) in [4.78, 5) is 23.2. The number of pyridine rings is 1. The van der Waals surface area contributed by atoms with Crippen LogP contribution in [0, 0.1) is 11.3 Å². The Balaban J connectivity index is 1.31. The normalized spacial score (nSPS) is 25.3. The smallest absolute Gasteiger partial charge is 0.266 e. The van der Waals surface area contributed by atoms with Crippen molar-refractivity contribution in [1.29, 1.82) is 0 Å². The van der Waals surface area contributed by atoms with Crippen molar-refractivity contribution in [3.05, 3.63) is 36.5 Å². The maximum Gasteiger partial charge on any atom is 0.266 e. The van der Waals surface area contributed by atoms with Crippen molar-refractivity contribution in [2.24, 2.45) is 11.3 Å². The van der Waals surface area contributed by atoms with Gasteiger partial charge in [0.05, 0.1) is 34.7 Å². The molecule has 1 unspecified atom stereocenters. The van der Waals surface area contributed by atoms with Gasteiger partial charge in [0.1, 0.15) is 5.82 Å². The number of carbonyl (C=O) groups is 1. The summed E-state index contributed by atoms with van der Waals surface area (Å²) < 4.78 is 64.3. The van der Waals surface area contributed by atoms with E-state index in [-0.39, 0.29) is 34.9 Å². The van der Waals surface area contributed by atoms with Gasteiger partial charge in [-0.05, 0) is 61.4 Å².